The second-order valence-corrected chi connectivity index (χ2v) is 5.93. The Balaban J connectivity index is 3.45. The van der Waals surface area contributed by atoms with Crippen molar-refractivity contribution in [3.8, 4) is 0 Å². The van der Waals surface area contributed by atoms with Crippen LogP contribution in [0.3, 0.4) is 0 Å². The second-order valence-electron chi connectivity index (χ2n) is 2.71. The summed E-state index contributed by atoms with van der Waals surface area (Å²) in [6.07, 6.45) is 1.48. The molecule has 0 aliphatic rings. The lowest BCUT2D eigenvalue weighted by atomic mass is 10.3. The third kappa shape index (κ3) is 8.84. The van der Waals surface area contributed by atoms with Crippen molar-refractivity contribution in [3.63, 3.8) is 0 Å². The highest BCUT2D eigenvalue weighted by Gasteiger charge is 2.10. The molecule has 0 rings (SSSR count). The number of halogens is 2. The Morgan fingerprint density at radius 1 is 1.23 bits per heavy atom. The van der Waals surface area contributed by atoms with Crippen LogP contribution in [0.5, 0.6) is 0 Å². The molecule has 0 spiro atoms. The Morgan fingerprint density at radius 3 is 2.31 bits per heavy atom. The maximum Gasteiger partial charge on any atom is 0.221 e. The van der Waals surface area contributed by atoms with Gasteiger partial charge in [0.1, 0.15) is 0 Å². The zero-order chi connectivity index (χ0) is 10.3. The number of carbonyl (C=O) groups is 1. The van der Waals surface area contributed by atoms with E-state index in [4.69, 9.17) is 23.2 Å². The van der Waals surface area contributed by atoms with Crippen LogP contribution in [0.15, 0.2) is 0 Å². The van der Waals surface area contributed by atoms with E-state index in [1.165, 1.54) is 0 Å². The van der Waals surface area contributed by atoms with E-state index in [1.807, 2.05) is 0 Å². The number of rotatable bonds is 7. The Hall–Kier alpha value is 0.520. The fourth-order valence-corrected chi connectivity index (χ4v) is 2.82. The summed E-state index contributed by atoms with van der Waals surface area (Å²) < 4.78 is 18.6. The highest BCUT2D eigenvalue weighted by molar-refractivity contribution is 8.24. The minimum Gasteiger partial charge on any atom is -0.299 e. The highest BCUT2D eigenvalue weighted by Crippen LogP contribution is 2.39. The first-order valence-electron chi connectivity index (χ1n) is 3.96. The molecule has 3 nitrogen and oxygen atoms in total. The van der Waals surface area contributed by atoms with Gasteiger partial charge in [-0.3, -0.25) is 13.9 Å². The van der Waals surface area contributed by atoms with Gasteiger partial charge in [0.25, 0.3) is 0 Å². The average molecular weight is 249 g/mol. The molecule has 0 fully saturated rings. The van der Waals surface area contributed by atoms with Crippen molar-refractivity contribution in [2.24, 2.45) is 0 Å². The van der Waals surface area contributed by atoms with Crippen LogP contribution in [-0.2, 0) is 4.79 Å². The minimum atomic E-state index is -2.52. The monoisotopic (exact) mass is 248 g/mol. The molecular weight excluding hydrogens is 235 g/mol. The zero-order valence-electron chi connectivity index (χ0n) is 7.21. The van der Waals surface area contributed by atoms with E-state index in [1.54, 1.807) is 0 Å². The first-order valence-corrected chi connectivity index (χ1v) is 6.75. The molecule has 80 valence electrons. The van der Waals surface area contributed by atoms with Crippen LogP contribution in [0.25, 0.3) is 0 Å². The van der Waals surface area contributed by atoms with E-state index in [9.17, 15) is 13.9 Å². The van der Waals surface area contributed by atoms with Crippen molar-refractivity contribution in [2.75, 3.05) is 17.4 Å². The zero-order valence-corrected chi connectivity index (χ0v) is 9.54. The van der Waals surface area contributed by atoms with Gasteiger partial charge in [-0.05, 0) is 24.4 Å². The van der Waals surface area contributed by atoms with Crippen molar-refractivity contribution in [1.29, 1.82) is 0 Å². The van der Waals surface area contributed by atoms with Crippen LogP contribution < -0.4 is 0 Å². The average Bonchev–Trinajstić information content (AvgIpc) is 1.98. The van der Waals surface area contributed by atoms with E-state index in [0.717, 1.165) is 0 Å². The van der Waals surface area contributed by atoms with Crippen LogP contribution in [0, 0.1) is 0 Å². The lowest BCUT2D eigenvalue weighted by Gasteiger charge is -2.31. The summed E-state index contributed by atoms with van der Waals surface area (Å²) in [7, 11) is -2.52. The van der Waals surface area contributed by atoms with Crippen molar-refractivity contribution < 1.29 is 13.9 Å². The molecule has 0 unspecified atom stereocenters. The molecule has 0 saturated heterocycles. The van der Waals surface area contributed by atoms with E-state index >= 15 is 0 Å². The van der Waals surface area contributed by atoms with Gasteiger partial charge < -0.3 is 0 Å². The lowest BCUT2D eigenvalue weighted by molar-refractivity contribution is -0.111. The standard InChI is InChI=1S/C7H14Cl2O3S/c8-4-6-13(11,12)5-2-1-3-7(9)10/h11-12H,1-6H2. The van der Waals surface area contributed by atoms with E-state index in [0.29, 0.717) is 18.6 Å². The van der Waals surface area contributed by atoms with E-state index < -0.39 is 10.6 Å². The van der Waals surface area contributed by atoms with Gasteiger partial charge in [0.05, 0.1) is 5.75 Å². The molecule has 0 aliphatic carbocycles. The van der Waals surface area contributed by atoms with Gasteiger partial charge in [0, 0.05) is 18.1 Å². The fourth-order valence-electron chi connectivity index (χ4n) is 0.823. The Kier molecular flexibility index (Phi) is 7.17. The first kappa shape index (κ1) is 13.5. The summed E-state index contributed by atoms with van der Waals surface area (Å²) in [6.45, 7) is 0. The van der Waals surface area contributed by atoms with Crippen LogP contribution >= 0.6 is 33.8 Å². The van der Waals surface area contributed by atoms with Gasteiger partial charge in [-0.25, -0.2) is 0 Å². The highest BCUT2D eigenvalue weighted by atomic mass is 35.5. The maximum atomic E-state index is 10.3. The molecule has 0 atom stereocenters. The molecule has 0 radical (unpaired) electrons. The summed E-state index contributed by atoms with van der Waals surface area (Å²) in [5.74, 6) is 0.782. The van der Waals surface area contributed by atoms with Crippen molar-refractivity contribution in [1.82, 2.24) is 0 Å². The molecular formula is C7H14Cl2O3S. The quantitative estimate of drug-likeness (QED) is 0.414. The first-order chi connectivity index (χ1) is 5.98. The molecule has 6 heteroatoms. The minimum absolute atomic E-state index is 0.226. The van der Waals surface area contributed by atoms with Gasteiger partial charge in [-0.15, -0.1) is 11.6 Å². The number of alkyl halides is 1. The second kappa shape index (κ2) is 6.90. The van der Waals surface area contributed by atoms with Crippen LogP contribution in [0.2, 0.25) is 0 Å². The fraction of sp³-hybridized carbons (Fsp3) is 0.857. The van der Waals surface area contributed by atoms with Gasteiger partial charge in [-0.1, -0.05) is 0 Å². The molecule has 2 N–H and O–H groups in total. The summed E-state index contributed by atoms with van der Waals surface area (Å²) in [4.78, 5) is 10.3. The SMILES string of the molecule is O=C(Cl)CCCCS(O)(O)CCCl. The van der Waals surface area contributed by atoms with Crippen molar-refractivity contribution in [2.45, 2.75) is 19.3 Å². The maximum absolute atomic E-state index is 10.3. The molecule has 0 aromatic carbocycles. The summed E-state index contributed by atoms with van der Waals surface area (Å²) in [5, 5.41) is -0.381. The predicted molar refractivity (Wildman–Crippen MR) is 58.0 cm³/mol. The van der Waals surface area contributed by atoms with Gasteiger partial charge >= 0.3 is 0 Å². The summed E-state index contributed by atoms with van der Waals surface area (Å²) >= 11 is 10.5. The van der Waals surface area contributed by atoms with E-state index in [-0.39, 0.29) is 23.3 Å². The normalized spacial score (nSPS) is 12.9. The third-order valence-electron chi connectivity index (χ3n) is 1.50. The molecule has 0 aromatic heterocycles. The molecule has 13 heavy (non-hydrogen) atoms. The number of hydrogen-bond acceptors (Lipinski definition) is 3. The molecule has 0 bridgehead atoms. The van der Waals surface area contributed by atoms with Gasteiger partial charge in [0.2, 0.25) is 5.24 Å². The predicted octanol–water partition coefficient (Wildman–Crippen LogP) is 2.91. The van der Waals surface area contributed by atoms with Crippen molar-refractivity contribution in [3.05, 3.63) is 0 Å². The summed E-state index contributed by atoms with van der Waals surface area (Å²) in [6, 6.07) is 0. The Bertz CT molecular complexity index is 164. The molecule has 0 amide bonds. The molecule has 0 aliphatic heterocycles. The Labute approximate surface area is 89.8 Å². The summed E-state index contributed by atoms with van der Waals surface area (Å²) in [5.41, 5.74) is 0. The number of unbranched alkanes of at least 4 members (excludes halogenated alkanes) is 1. The van der Waals surface area contributed by atoms with Crippen LogP contribution in [0.4, 0.5) is 0 Å². The lowest BCUT2D eigenvalue weighted by Crippen LogP contribution is -2.08. The van der Waals surface area contributed by atoms with E-state index in [2.05, 4.69) is 0 Å². The van der Waals surface area contributed by atoms with Gasteiger partial charge in [-0.2, -0.15) is 10.6 Å². The largest absolute Gasteiger partial charge is 0.299 e. The number of carbonyl (C=O) groups excluding carboxylic acids is 1. The van der Waals surface area contributed by atoms with Gasteiger partial charge in [0.15, 0.2) is 0 Å². The Morgan fingerprint density at radius 2 is 1.85 bits per heavy atom. The third-order valence-corrected chi connectivity index (χ3v) is 3.90. The van der Waals surface area contributed by atoms with Crippen LogP contribution in [0.1, 0.15) is 19.3 Å². The van der Waals surface area contributed by atoms with Crippen LogP contribution in [-0.4, -0.2) is 31.7 Å². The molecule has 0 aromatic rings. The molecule has 0 saturated carbocycles. The van der Waals surface area contributed by atoms with Crippen molar-refractivity contribution >= 4 is 39.0 Å². The molecule has 0 heterocycles. The number of hydrogen-bond donors (Lipinski definition) is 2. The smallest absolute Gasteiger partial charge is 0.221 e. The topological polar surface area (TPSA) is 57.5 Å².